The number of guanidine groups is 1. The minimum atomic E-state index is -0.257. The van der Waals surface area contributed by atoms with Crippen LogP contribution in [0.25, 0.3) is 0 Å². The van der Waals surface area contributed by atoms with Gasteiger partial charge in [0.15, 0.2) is 5.96 Å². The number of anilines is 1. The number of benzene rings is 1. The minimum Gasteiger partial charge on any atom is -0.472 e. The first-order valence-corrected chi connectivity index (χ1v) is 8.01. The predicted octanol–water partition coefficient (Wildman–Crippen LogP) is 4.42. The minimum absolute atomic E-state index is 0. The molecule has 0 aliphatic heterocycles. The van der Waals surface area contributed by atoms with E-state index in [1.54, 1.807) is 6.20 Å². The molecular weight excluding hydrogens is 427 g/mol. The molecule has 136 valence electrons. The predicted molar refractivity (Wildman–Crippen MR) is 115 cm³/mol. The van der Waals surface area contributed by atoms with E-state index in [1.165, 1.54) is 11.1 Å². The number of nitrogens with zero attached hydrogens (tertiary/aromatic N) is 2. The van der Waals surface area contributed by atoms with Gasteiger partial charge in [-0.25, -0.2) is 9.98 Å². The Labute approximate surface area is 167 Å². The van der Waals surface area contributed by atoms with Gasteiger partial charge in [-0.15, -0.1) is 24.0 Å². The molecule has 6 heteroatoms. The monoisotopic (exact) mass is 454 g/mol. The van der Waals surface area contributed by atoms with E-state index in [2.05, 4.69) is 41.3 Å². The molecule has 5 nitrogen and oxygen atoms in total. The van der Waals surface area contributed by atoms with Crippen LogP contribution < -0.4 is 15.8 Å². The quantitative estimate of drug-likeness (QED) is 0.408. The van der Waals surface area contributed by atoms with E-state index < -0.39 is 0 Å². The zero-order chi connectivity index (χ0) is 17.7. The number of aryl methyl sites for hydroxylation is 2. The van der Waals surface area contributed by atoms with Crippen molar-refractivity contribution >= 4 is 35.6 Å². The molecule has 1 heterocycles. The van der Waals surface area contributed by atoms with Crippen molar-refractivity contribution in [1.82, 2.24) is 4.98 Å². The number of pyridine rings is 1. The van der Waals surface area contributed by atoms with Crippen molar-refractivity contribution in [2.24, 2.45) is 10.7 Å². The highest BCUT2D eigenvalue weighted by Gasteiger charge is 2.12. The molecule has 0 fully saturated rings. The maximum atomic E-state index is 5.95. The highest BCUT2D eigenvalue weighted by molar-refractivity contribution is 14.0. The number of ether oxygens (including phenoxy) is 1. The molecule has 0 aliphatic carbocycles. The molecule has 3 N–H and O–H groups in total. The third kappa shape index (κ3) is 7.29. The molecule has 0 amide bonds. The summed E-state index contributed by atoms with van der Waals surface area (Å²) in [4.78, 5) is 8.64. The average molecular weight is 454 g/mol. The molecule has 0 saturated heterocycles. The van der Waals surface area contributed by atoms with Gasteiger partial charge in [0.1, 0.15) is 5.60 Å². The van der Waals surface area contributed by atoms with E-state index >= 15 is 0 Å². The van der Waals surface area contributed by atoms with Crippen LogP contribution in [0.5, 0.6) is 5.88 Å². The Morgan fingerprint density at radius 1 is 1.16 bits per heavy atom. The number of rotatable bonds is 4. The number of nitrogens with two attached hydrogens (primary N) is 1. The lowest BCUT2D eigenvalue weighted by Gasteiger charge is -2.20. The molecule has 1 aromatic carbocycles. The molecule has 0 saturated carbocycles. The molecule has 0 radical (unpaired) electrons. The first-order valence-electron chi connectivity index (χ1n) is 8.01. The second-order valence-electron chi connectivity index (χ2n) is 6.84. The van der Waals surface area contributed by atoms with Crippen molar-refractivity contribution < 1.29 is 4.74 Å². The van der Waals surface area contributed by atoms with Gasteiger partial charge in [-0.3, -0.25) is 0 Å². The maximum Gasteiger partial charge on any atom is 0.213 e. The Morgan fingerprint density at radius 2 is 1.88 bits per heavy atom. The summed E-state index contributed by atoms with van der Waals surface area (Å²) in [5.41, 5.74) is 10.1. The molecule has 0 atom stereocenters. The van der Waals surface area contributed by atoms with Crippen LogP contribution in [0.3, 0.4) is 0 Å². The lowest BCUT2D eigenvalue weighted by molar-refractivity contribution is 0.124. The third-order valence-corrected chi connectivity index (χ3v) is 3.42. The van der Waals surface area contributed by atoms with Crippen molar-refractivity contribution in [1.29, 1.82) is 0 Å². The number of nitrogens with one attached hydrogen (secondary N) is 1. The molecule has 1 aromatic heterocycles. The Hall–Kier alpha value is -1.83. The van der Waals surface area contributed by atoms with Gasteiger partial charge in [-0.05, 0) is 63.4 Å². The zero-order valence-electron chi connectivity index (χ0n) is 15.5. The Kier molecular flexibility index (Phi) is 7.66. The second-order valence-corrected chi connectivity index (χ2v) is 6.84. The Morgan fingerprint density at radius 3 is 2.44 bits per heavy atom. The van der Waals surface area contributed by atoms with Crippen molar-refractivity contribution in [2.45, 2.75) is 46.8 Å². The van der Waals surface area contributed by atoms with Crippen molar-refractivity contribution in [3.05, 3.63) is 53.2 Å². The second kappa shape index (κ2) is 9.03. The smallest absolute Gasteiger partial charge is 0.213 e. The normalized spacial score (nSPS) is 11.6. The number of aliphatic imine (C=N–C) groups is 1. The number of hydrogen-bond donors (Lipinski definition) is 2. The third-order valence-electron chi connectivity index (χ3n) is 3.42. The van der Waals surface area contributed by atoms with E-state index in [1.807, 2.05) is 39.0 Å². The van der Waals surface area contributed by atoms with Gasteiger partial charge in [0.05, 0.1) is 6.54 Å². The van der Waals surface area contributed by atoms with E-state index in [4.69, 9.17) is 10.5 Å². The van der Waals surface area contributed by atoms with E-state index in [9.17, 15) is 0 Å². The molecule has 0 bridgehead atoms. The van der Waals surface area contributed by atoms with Crippen molar-refractivity contribution in [3.63, 3.8) is 0 Å². The van der Waals surface area contributed by atoms with Crippen LogP contribution in [0.1, 0.15) is 37.5 Å². The SMILES string of the molecule is Cc1ccc(NC(N)=NCc2ccc(OC(C)(C)C)nc2)cc1C.I. The first-order chi connectivity index (χ1) is 11.2. The summed E-state index contributed by atoms with van der Waals surface area (Å²) in [6, 6.07) is 9.90. The van der Waals surface area contributed by atoms with Crippen LogP contribution in [-0.2, 0) is 6.54 Å². The Balaban J connectivity index is 0.00000312. The number of aromatic nitrogens is 1. The summed E-state index contributed by atoms with van der Waals surface area (Å²) in [6.45, 7) is 10.6. The molecule has 2 rings (SSSR count). The summed E-state index contributed by atoms with van der Waals surface area (Å²) in [5, 5.41) is 3.11. The fraction of sp³-hybridized carbons (Fsp3) is 0.368. The fourth-order valence-corrected chi connectivity index (χ4v) is 2.06. The highest BCUT2D eigenvalue weighted by atomic mass is 127. The molecule has 0 unspecified atom stereocenters. The van der Waals surface area contributed by atoms with Gasteiger partial charge in [0.2, 0.25) is 5.88 Å². The van der Waals surface area contributed by atoms with Gasteiger partial charge < -0.3 is 15.8 Å². The first kappa shape index (κ1) is 21.2. The van der Waals surface area contributed by atoms with E-state index in [0.29, 0.717) is 18.4 Å². The number of halogens is 1. The van der Waals surface area contributed by atoms with Crippen LogP contribution in [0.2, 0.25) is 0 Å². The average Bonchev–Trinajstić information content (AvgIpc) is 2.49. The summed E-state index contributed by atoms with van der Waals surface area (Å²) in [6.07, 6.45) is 1.76. The number of hydrogen-bond acceptors (Lipinski definition) is 3. The fourth-order valence-electron chi connectivity index (χ4n) is 2.06. The maximum absolute atomic E-state index is 5.95. The van der Waals surface area contributed by atoms with Crippen LogP contribution in [0.15, 0.2) is 41.5 Å². The van der Waals surface area contributed by atoms with Gasteiger partial charge in [0.25, 0.3) is 0 Å². The van der Waals surface area contributed by atoms with Crippen molar-refractivity contribution in [2.75, 3.05) is 5.32 Å². The molecule has 0 aliphatic rings. The largest absolute Gasteiger partial charge is 0.472 e. The standard InChI is InChI=1S/C19H26N4O.HI/c1-13-6-8-16(10-14(13)2)23-18(20)22-12-15-7-9-17(21-11-15)24-19(3,4)5;/h6-11H,12H2,1-5H3,(H3,20,22,23);1H. The summed E-state index contributed by atoms with van der Waals surface area (Å²) < 4.78 is 5.70. The van der Waals surface area contributed by atoms with E-state index in [-0.39, 0.29) is 29.6 Å². The lowest BCUT2D eigenvalue weighted by atomic mass is 10.1. The van der Waals surface area contributed by atoms with E-state index in [0.717, 1.165) is 11.3 Å². The molecule has 2 aromatic rings. The molecule has 25 heavy (non-hydrogen) atoms. The molecular formula is C19H27IN4O. The summed E-state index contributed by atoms with van der Waals surface area (Å²) in [7, 11) is 0. The van der Waals surface area contributed by atoms with Gasteiger partial charge in [-0.2, -0.15) is 0 Å². The van der Waals surface area contributed by atoms with Crippen LogP contribution >= 0.6 is 24.0 Å². The Bertz CT molecular complexity index is 721. The topological polar surface area (TPSA) is 72.5 Å². The lowest BCUT2D eigenvalue weighted by Crippen LogP contribution is -2.23. The van der Waals surface area contributed by atoms with Gasteiger partial charge >= 0.3 is 0 Å². The van der Waals surface area contributed by atoms with Gasteiger partial charge in [0, 0.05) is 18.0 Å². The van der Waals surface area contributed by atoms with Crippen LogP contribution in [0, 0.1) is 13.8 Å². The van der Waals surface area contributed by atoms with Gasteiger partial charge in [-0.1, -0.05) is 12.1 Å². The zero-order valence-corrected chi connectivity index (χ0v) is 17.8. The highest BCUT2D eigenvalue weighted by Crippen LogP contribution is 2.16. The van der Waals surface area contributed by atoms with Crippen LogP contribution in [0.4, 0.5) is 5.69 Å². The summed E-state index contributed by atoms with van der Waals surface area (Å²) >= 11 is 0. The molecule has 0 spiro atoms. The summed E-state index contributed by atoms with van der Waals surface area (Å²) in [5.74, 6) is 0.990. The van der Waals surface area contributed by atoms with Crippen LogP contribution in [-0.4, -0.2) is 16.5 Å². The van der Waals surface area contributed by atoms with Crippen molar-refractivity contribution in [3.8, 4) is 5.88 Å².